The number of aliphatic hydroxyl groups is 1. The van der Waals surface area contributed by atoms with E-state index in [9.17, 15) is 19.5 Å². The van der Waals surface area contributed by atoms with E-state index >= 15 is 0 Å². The number of nitrogens with one attached hydrogen (secondary N) is 4. The van der Waals surface area contributed by atoms with Crippen molar-refractivity contribution in [2.45, 2.75) is 0 Å². The van der Waals surface area contributed by atoms with Crippen LogP contribution in [0.5, 0.6) is 0 Å². The number of fused-ring (bicyclic) bond motifs is 4. The molecule has 426 valence electrons. The van der Waals surface area contributed by atoms with Crippen molar-refractivity contribution in [1.82, 2.24) is 4.90 Å². The van der Waals surface area contributed by atoms with E-state index in [4.69, 9.17) is 20.0 Å². The molecule has 7 aromatic rings. The Morgan fingerprint density at radius 1 is 0.364 bits per heavy atom. The molecule has 16 nitrogen and oxygen atoms in total. The molecule has 5 N–H and O–H groups in total. The number of pyridine rings is 3. The van der Waals surface area contributed by atoms with Crippen molar-refractivity contribution < 1.29 is 33.2 Å². The van der Waals surface area contributed by atoms with E-state index in [-0.39, 0.29) is 23.6 Å². The van der Waals surface area contributed by atoms with E-state index in [1.165, 1.54) is 0 Å². The molecular formula is C72H57N12O4+3. The van der Waals surface area contributed by atoms with Crippen molar-refractivity contribution in [3.8, 4) is 0 Å². The lowest BCUT2D eigenvalue weighted by molar-refractivity contribution is -0.671. The lowest BCUT2D eigenvalue weighted by Crippen LogP contribution is -2.27. The fraction of sp³-hybridized carbons (Fsp3) is 0.0556. The summed E-state index contributed by atoms with van der Waals surface area (Å²) in [5.74, 6) is -0.980. The second-order valence-corrected chi connectivity index (χ2v) is 21.4. The van der Waals surface area contributed by atoms with Gasteiger partial charge in [0.05, 0.1) is 62.3 Å². The second-order valence-electron chi connectivity index (χ2n) is 21.4. The Morgan fingerprint density at radius 3 is 0.909 bits per heavy atom. The highest BCUT2D eigenvalue weighted by Gasteiger charge is 2.31. The summed E-state index contributed by atoms with van der Waals surface area (Å²) in [6, 6.07) is 41.0. The number of anilines is 4. The number of amides is 3. The number of nitrogens with zero attached hydrogens (tertiary/aromatic N) is 8. The van der Waals surface area contributed by atoms with Crippen LogP contribution in [-0.2, 0) is 21.1 Å². The van der Waals surface area contributed by atoms with Crippen LogP contribution in [0.25, 0.3) is 22.3 Å². The van der Waals surface area contributed by atoms with Crippen molar-refractivity contribution in [2.75, 3.05) is 28.3 Å². The number of aliphatic hydroxyl groups excluding tert-OH is 1. The monoisotopic (exact) mass is 1150 g/mol. The number of carbonyl (C=O) groups is 3. The van der Waals surface area contributed by atoms with Crippen LogP contribution >= 0.6 is 0 Å². The first-order valence-electron chi connectivity index (χ1n) is 28.4. The highest BCUT2D eigenvalue weighted by molar-refractivity contribution is 6.41. The van der Waals surface area contributed by atoms with Crippen molar-refractivity contribution >= 4 is 85.6 Å². The first kappa shape index (κ1) is 55.2. The molecule has 0 fully saturated rings. The summed E-state index contributed by atoms with van der Waals surface area (Å²) in [4.78, 5) is 66.6. The number of hydrogen-bond acceptors (Lipinski definition) is 10. The van der Waals surface area contributed by atoms with Gasteiger partial charge in [0.25, 0.3) is 17.7 Å². The fourth-order valence-corrected chi connectivity index (χ4v) is 10.8. The predicted octanol–water partition coefficient (Wildman–Crippen LogP) is 11.1. The number of allylic oxidation sites excluding steroid dienone is 15. The minimum Gasteiger partial charge on any atom is -0.494 e. The quantitative estimate of drug-likeness (QED) is 0.0599. The third kappa shape index (κ3) is 11.1. The molecule has 0 saturated heterocycles. The van der Waals surface area contributed by atoms with Gasteiger partial charge in [-0.1, -0.05) is 72.8 Å². The summed E-state index contributed by atoms with van der Waals surface area (Å²) in [7, 11) is 7.59. The molecule has 0 saturated carbocycles. The second kappa shape index (κ2) is 23.5. The maximum atomic E-state index is 14.2. The van der Waals surface area contributed by atoms with Gasteiger partial charge in [0.1, 0.15) is 21.1 Å². The molecule has 3 amide bonds. The Morgan fingerprint density at radius 2 is 0.625 bits per heavy atom. The Hall–Kier alpha value is -12.0. The first-order chi connectivity index (χ1) is 42.9. The summed E-state index contributed by atoms with van der Waals surface area (Å²) >= 11 is 0. The van der Waals surface area contributed by atoms with Crippen molar-refractivity contribution in [1.29, 1.82) is 0 Å². The summed E-state index contributed by atoms with van der Waals surface area (Å²) in [6.45, 7) is 0. The largest absolute Gasteiger partial charge is 0.494 e. The van der Waals surface area contributed by atoms with Gasteiger partial charge in [-0.05, 0) is 85.0 Å². The number of rotatable bonds is 12. The number of para-hydroxylation sites is 4. The van der Waals surface area contributed by atoms with E-state index in [2.05, 4.69) is 21.3 Å². The summed E-state index contributed by atoms with van der Waals surface area (Å²) in [5.41, 5.74) is 13.4. The molecule has 13 rings (SSSR count). The molecule has 0 unspecified atom stereocenters. The number of hydrogen-bond donors (Lipinski definition) is 5. The Bertz CT molecular complexity index is 4520. The average molecular weight is 1150 g/mol. The number of aromatic nitrogens is 3. The summed E-state index contributed by atoms with van der Waals surface area (Å²) in [6.07, 6.45) is 33.8. The van der Waals surface area contributed by atoms with Gasteiger partial charge in [-0.15, -0.1) is 0 Å². The maximum Gasteiger partial charge on any atom is 0.256 e. The summed E-state index contributed by atoms with van der Waals surface area (Å²) < 4.78 is 5.60. The fourth-order valence-electron chi connectivity index (χ4n) is 10.8. The van der Waals surface area contributed by atoms with E-state index in [1.807, 2.05) is 254 Å². The van der Waals surface area contributed by atoms with Gasteiger partial charge in [0.2, 0.25) is 0 Å². The number of benzene rings is 4. The first-order valence-corrected chi connectivity index (χ1v) is 28.4. The van der Waals surface area contributed by atoms with E-state index in [1.54, 1.807) is 36.4 Å². The van der Waals surface area contributed by atoms with E-state index < -0.39 is 0 Å². The molecule has 6 aliphatic rings. The highest BCUT2D eigenvalue weighted by Crippen LogP contribution is 2.43. The van der Waals surface area contributed by atoms with E-state index in [0.717, 1.165) is 0 Å². The molecule has 0 atom stereocenters. The zero-order chi connectivity index (χ0) is 60.4. The van der Waals surface area contributed by atoms with Gasteiger partial charge in [0, 0.05) is 129 Å². The molecule has 0 spiro atoms. The molecule has 0 radical (unpaired) electrons. The Balaban J connectivity index is 1.06. The lowest BCUT2D eigenvalue weighted by atomic mass is 9.96. The van der Waals surface area contributed by atoms with Crippen LogP contribution in [0.15, 0.2) is 298 Å². The van der Waals surface area contributed by atoms with Crippen molar-refractivity contribution in [2.24, 2.45) is 41.1 Å². The number of aliphatic imine (C=N–C) groups is 4. The average Bonchev–Trinajstić information content (AvgIpc) is 3.84. The smallest absolute Gasteiger partial charge is 0.256 e. The van der Waals surface area contributed by atoms with Gasteiger partial charge in [-0.25, -0.2) is 33.7 Å². The lowest BCUT2D eigenvalue weighted by Gasteiger charge is -2.18. The van der Waals surface area contributed by atoms with Gasteiger partial charge < -0.3 is 31.3 Å². The van der Waals surface area contributed by atoms with E-state index in [0.29, 0.717) is 135 Å². The normalized spacial score (nSPS) is 15.5. The van der Waals surface area contributed by atoms with Crippen LogP contribution < -0.4 is 35.0 Å². The molecule has 0 aliphatic carbocycles. The van der Waals surface area contributed by atoms with Crippen LogP contribution in [-0.4, -0.2) is 57.6 Å². The highest BCUT2D eigenvalue weighted by atomic mass is 16.3. The molecule has 6 aliphatic heterocycles. The third-order valence-corrected chi connectivity index (χ3v) is 15.4. The van der Waals surface area contributed by atoms with Crippen LogP contribution in [0.2, 0.25) is 0 Å². The topological polar surface area (TPSA) is 184 Å². The van der Waals surface area contributed by atoms with Gasteiger partial charge in [-0.3, -0.25) is 14.4 Å². The molecule has 9 heterocycles. The minimum atomic E-state index is -0.308. The van der Waals surface area contributed by atoms with Gasteiger partial charge in [0.15, 0.2) is 43.1 Å². The van der Waals surface area contributed by atoms with Crippen LogP contribution in [0.4, 0.5) is 22.7 Å². The molecule has 88 heavy (non-hydrogen) atoms. The zero-order valence-corrected chi connectivity index (χ0v) is 48.3. The zero-order valence-electron chi connectivity index (χ0n) is 48.3. The molecule has 8 bridgehead atoms. The summed E-state index contributed by atoms with van der Waals surface area (Å²) in [5, 5.41) is 24.7. The standard InChI is InChI=1S/C72H54N12O4/c1-81-37-29-45(30-38-81)69(85)77-53-17-9-5-13-49(53)65-57-21-23-59(73-57)66(50-14-6-10-18-54(50)78-70(86)46-31-39-82(2)40-32-46)61-25-27-63(75-61)68(52-16-8-12-20-56(52)80-72(88)48-35-43-84(4)44-36-48)64-28-26-62(76-64)67(60-24-22-58(65)74-60)51-15-7-11-19-55(51)79-71(87)47-33-41-83(3)42-34-47/h5-44H,1-4H3,(H2-3,73,74,75,76,77,78,79,80,85,86,87,88)/p+3. The van der Waals surface area contributed by atoms with Crippen LogP contribution in [0.1, 0.15) is 53.3 Å². The van der Waals surface area contributed by atoms with Crippen molar-refractivity contribution in [3.05, 3.63) is 317 Å². The minimum absolute atomic E-state index is 0.0608. The van der Waals surface area contributed by atoms with Crippen LogP contribution in [0.3, 0.4) is 0 Å². The molecule has 3 aromatic heterocycles. The molecule has 16 heteroatoms. The maximum absolute atomic E-state index is 14.2. The van der Waals surface area contributed by atoms with Crippen molar-refractivity contribution in [3.63, 3.8) is 0 Å². The Kier molecular flexibility index (Phi) is 14.8. The van der Waals surface area contributed by atoms with Gasteiger partial charge >= 0.3 is 0 Å². The number of aryl methyl sites for hydroxylation is 3. The SMILES string of the molecule is CN1C=CC(=C(O)Nc2ccccc2C2=C3C=CC(=N3)C(c3ccccc3NC(=O)c3cc[n+](C)cc3)=C3C=CC(=N3)C(c3ccccc3NC(=O)c3cc[n+](C)cc3)=C3C=CC(=N3)C(c3ccccc3NC(=O)c3cc[n+](C)cc3)=C3C=CC2=N3)C=C1. The predicted molar refractivity (Wildman–Crippen MR) is 346 cm³/mol. The Labute approximate surface area is 507 Å². The molecule has 4 aromatic carbocycles. The van der Waals surface area contributed by atoms with Crippen LogP contribution in [0, 0.1) is 0 Å². The van der Waals surface area contributed by atoms with Gasteiger partial charge in [-0.2, -0.15) is 0 Å². The molecular weight excluding hydrogens is 1100 g/mol. The third-order valence-electron chi connectivity index (χ3n) is 15.4. The number of carbonyl (C=O) groups excluding carboxylic acids is 3.